The average Bonchev–Trinajstić information content (AvgIpc) is 2.21. The number of hydrogen-bond donors (Lipinski definition) is 3. The Hall–Kier alpha value is 0.344. The molecular formula is C9H18F3N4Ti. The van der Waals surface area contributed by atoms with Crippen molar-refractivity contribution in [3.05, 3.63) is 0 Å². The molecule has 0 radical (unpaired) electrons. The molecule has 0 aromatic rings. The minimum atomic E-state index is -4.18. The molecule has 3 N–H and O–H groups in total. The van der Waals surface area contributed by atoms with Crippen molar-refractivity contribution in [3.8, 4) is 0 Å². The van der Waals surface area contributed by atoms with Crippen LogP contribution in [0.2, 0.25) is 0 Å². The van der Waals surface area contributed by atoms with Crippen LogP contribution in [0.1, 0.15) is 0 Å². The predicted octanol–water partition coefficient (Wildman–Crippen LogP) is -0.536. The van der Waals surface area contributed by atoms with Gasteiger partial charge in [-0.25, -0.2) is 0 Å². The molecule has 1 heterocycles. The third-order valence-corrected chi connectivity index (χ3v) is 3.41. The molecule has 0 bridgehead atoms. The van der Waals surface area contributed by atoms with Gasteiger partial charge in [0.15, 0.2) is 0 Å². The molecule has 0 amide bonds. The van der Waals surface area contributed by atoms with Crippen molar-refractivity contribution in [2.75, 3.05) is 45.8 Å². The zero-order chi connectivity index (χ0) is 12.7. The molecule has 0 saturated carbocycles. The number of halogens is 3. The molecule has 0 aromatic heterocycles. The van der Waals surface area contributed by atoms with E-state index in [0.29, 0.717) is 26.2 Å². The van der Waals surface area contributed by atoms with E-state index < -0.39 is 12.2 Å². The summed E-state index contributed by atoms with van der Waals surface area (Å²) < 4.78 is 39.8. The third-order valence-electron chi connectivity index (χ3n) is 2.58. The molecule has 1 unspecified atom stereocenters. The average molecular weight is 287 g/mol. The van der Waals surface area contributed by atoms with Crippen molar-refractivity contribution in [1.29, 1.82) is 0 Å². The SMILES string of the molecule is FC(F)(F)C1CNCCNCCNCC[N]1[Ti]. The Morgan fingerprint density at radius 2 is 1.47 bits per heavy atom. The van der Waals surface area contributed by atoms with Crippen LogP contribution in [0.3, 0.4) is 0 Å². The Morgan fingerprint density at radius 3 is 2.06 bits per heavy atom. The van der Waals surface area contributed by atoms with Gasteiger partial charge in [0.25, 0.3) is 0 Å². The number of nitrogens with one attached hydrogen (secondary N) is 3. The maximum atomic E-state index is 12.8. The van der Waals surface area contributed by atoms with E-state index in [0.717, 1.165) is 13.1 Å². The number of hydrogen-bond acceptors (Lipinski definition) is 4. The van der Waals surface area contributed by atoms with E-state index in [9.17, 15) is 13.2 Å². The monoisotopic (exact) mass is 287 g/mol. The van der Waals surface area contributed by atoms with Crippen molar-refractivity contribution in [2.24, 2.45) is 0 Å². The predicted molar refractivity (Wildman–Crippen MR) is 55.2 cm³/mol. The van der Waals surface area contributed by atoms with Crippen LogP contribution >= 0.6 is 0 Å². The van der Waals surface area contributed by atoms with Crippen LogP contribution < -0.4 is 16.0 Å². The van der Waals surface area contributed by atoms with Gasteiger partial charge in [0, 0.05) is 0 Å². The molecule has 0 aromatic carbocycles. The van der Waals surface area contributed by atoms with Gasteiger partial charge in [-0.1, -0.05) is 0 Å². The van der Waals surface area contributed by atoms with Crippen molar-refractivity contribution in [2.45, 2.75) is 12.2 Å². The molecule has 4 nitrogen and oxygen atoms in total. The molecule has 1 atom stereocenters. The van der Waals surface area contributed by atoms with Gasteiger partial charge < -0.3 is 0 Å². The first-order chi connectivity index (χ1) is 8.02. The summed E-state index contributed by atoms with van der Waals surface area (Å²) in [7, 11) is 0. The van der Waals surface area contributed by atoms with Crippen molar-refractivity contribution in [1.82, 2.24) is 19.3 Å². The fourth-order valence-corrected chi connectivity index (χ4v) is 2.15. The van der Waals surface area contributed by atoms with E-state index in [1.165, 1.54) is 24.1 Å². The third kappa shape index (κ3) is 6.17. The second-order valence-electron chi connectivity index (χ2n) is 3.95. The molecule has 1 aliphatic heterocycles. The Bertz CT molecular complexity index is 215. The number of rotatable bonds is 0. The Balaban J connectivity index is 2.51. The Morgan fingerprint density at radius 1 is 0.941 bits per heavy atom. The zero-order valence-corrected chi connectivity index (χ0v) is 11.2. The topological polar surface area (TPSA) is 39.3 Å². The van der Waals surface area contributed by atoms with Crippen molar-refractivity contribution in [3.63, 3.8) is 0 Å². The fourth-order valence-electron chi connectivity index (χ4n) is 1.60. The molecule has 99 valence electrons. The Kier molecular flexibility index (Phi) is 6.98. The molecule has 1 saturated heterocycles. The second-order valence-corrected chi connectivity index (χ2v) is 4.85. The summed E-state index contributed by atoms with van der Waals surface area (Å²) in [4.78, 5) is 0. The summed E-state index contributed by atoms with van der Waals surface area (Å²) in [6, 6.07) is -1.41. The van der Waals surface area contributed by atoms with Crippen LogP contribution in [0.4, 0.5) is 13.2 Å². The standard InChI is InChI=1S/C9H18F3N4.Ti/c10-9(11,12)8-7-15-4-3-13-1-2-14-5-6-16-8;/h8,13-15H,1-7H2;/q-1;+1. The van der Waals surface area contributed by atoms with Crippen LogP contribution in [-0.4, -0.2) is 61.4 Å². The first-order valence-corrected chi connectivity index (χ1v) is 6.38. The number of nitrogens with zero attached hydrogens (tertiary/aromatic N) is 1. The van der Waals surface area contributed by atoms with E-state index in [4.69, 9.17) is 0 Å². The summed E-state index contributed by atoms with van der Waals surface area (Å²) >= 11 is 1.52. The molecule has 1 fully saturated rings. The van der Waals surface area contributed by atoms with Crippen molar-refractivity contribution >= 4 is 0 Å². The van der Waals surface area contributed by atoms with Crippen LogP contribution in [0.25, 0.3) is 0 Å². The van der Waals surface area contributed by atoms with Gasteiger partial charge in [-0.2, -0.15) is 0 Å². The maximum absolute atomic E-state index is 12.8. The van der Waals surface area contributed by atoms with E-state index in [1.54, 1.807) is 0 Å². The molecule has 1 rings (SSSR count). The van der Waals surface area contributed by atoms with Gasteiger partial charge in [0.1, 0.15) is 0 Å². The van der Waals surface area contributed by atoms with Gasteiger partial charge in [0.05, 0.1) is 0 Å². The molecular weight excluding hydrogens is 269 g/mol. The van der Waals surface area contributed by atoms with Gasteiger partial charge in [-0.15, -0.1) is 0 Å². The molecule has 0 spiro atoms. The van der Waals surface area contributed by atoms with Crippen LogP contribution in [-0.2, 0) is 20.7 Å². The summed E-state index contributed by atoms with van der Waals surface area (Å²) in [5.41, 5.74) is 0. The van der Waals surface area contributed by atoms with Crippen LogP contribution in [0, 0.1) is 0 Å². The first kappa shape index (κ1) is 15.4. The minimum absolute atomic E-state index is 0.0539. The molecule has 8 heteroatoms. The number of alkyl halides is 3. The molecule has 17 heavy (non-hydrogen) atoms. The van der Waals surface area contributed by atoms with E-state index in [-0.39, 0.29) is 6.54 Å². The van der Waals surface area contributed by atoms with E-state index in [1.807, 2.05) is 0 Å². The summed E-state index contributed by atoms with van der Waals surface area (Å²) in [6.45, 7) is 3.79. The van der Waals surface area contributed by atoms with Gasteiger partial charge in [-0.05, 0) is 0 Å². The first-order valence-electron chi connectivity index (χ1n) is 5.68. The summed E-state index contributed by atoms with van der Waals surface area (Å²) in [5.74, 6) is 0. The van der Waals surface area contributed by atoms with Crippen molar-refractivity contribution < 1.29 is 33.9 Å². The molecule has 0 aliphatic carbocycles. The summed E-state index contributed by atoms with van der Waals surface area (Å²) in [6.07, 6.45) is -4.18. The summed E-state index contributed by atoms with van der Waals surface area (Å²) in [5, 5.41) is 9.11. The Labute approximate surface area is 111 Å². The van der Waals surface area contributed by atoms with Crippen LogP contribution in [0.5, 0.6) is 0 Å². The normalized spacial score (nSPS) is 27.1. The van der Waals surface area contributed by atoms with E-state index >= 15 is 0 Å². The van der Waals surface area contributed by atoms with E-state index in [2.05, 4.69) is 16.0 Å². The fraction of sp³-hybridized carbons (Fsp3) is 1.00. The molecule has 1 aliphatic rings. The zero-order valence-electron chi connectivity index (χ0n) is 9.61. The second kappa shape index (κ2) is 7.71. The van der Waals surface area contributed by atoms with Gasteiger partial charge >= 0.3 is 111 Å². The van der Waals surface area contributed by atoms with Crippen LogP contribution in [0.15, 0.2) is 0 Å². The quantitative estimate of drug-likeness (QED) is 0.524. The van der Waals surface area contributed by atoms with Gasteiger partial charge in [0.2, 0.25) is 0 Å². The van der Waals surface area contributed by atoms with Gasteiger partial charge in [-0.3, -0.25) is 0 Å².